The second-order valence-electron chi connectivity index (χ2n) is 3.83. The molecule has 0 aliphatic rings. The van der Waals surface area contributed by atoms with Gasteiger partial charge in [0.25, 0.3) is 6.43 Å². The zero-order chi connectivity index (χ0) is 11.1. The summed E-state index contributed by atoms with van der Waals surface area (Å²) in [6.07, 6.45) is -1.03. The van der Waals surface area contributed by atoms with Gasteiger partial charge in [-0.3, -0.25) is 0 Å². The molecule has 0 bridgehead atoms. The Hall–Kier alpha value is -1.42. The number of aromatic amines is 1. The maximum Gasteiger partial charge on any atom is 0.260 e. The zero-order valence-corrected chi connectivity index (χ0v) is 8.30. The highest BCUT2D eigenvalue weighted by molar-refractivity contribution is 5.84. The molecule has 1 aromatic heterocycles. The first-order valence-corrected chi connectivity index (χ1v) is 4.67. The van der Waals surface area contributed by atoms with E-state index in [9.17, 15) is 8.78 Å². The molecule has 3 N–H and O–H groups in total. The van der Waals surface area contributed by atoms with E-state index in [0.717, 1.165) is 10.9 Å². The third-order valence-corrected chi connectivity index (χ3v) is 2.62. The largest absolute Gasteiger partial charge is 0.361 e. The number of halogens is 2. The van der Waals surface area contributed by atoms with Gasteiger partial charge < -0.3 is 10.7 Å². The third-order valence-electron chi connectivity index (χ3n) is 2.62. The first kappa shape index (κ1) is 10.1. The van der Waals surface area contributed by atoms with Crippen molar-refractivity contribution in [3.63, 3.8) is 0 Å². The van der Waals surface area contributed by atoms with Gasteiger partial charge in [0.2, 0.25) is 0 Å². The highest BCUT2D eigenvalue weighted by atomic mass is 19.3. The molecule has 1 unspecified atom stereocenters. The molecule has 0 saturated heterocycles. The van der Waals surface area contributed by atoms with Crippen LogP contribution in [0.15, 0.2) is 30.5 Å². The van der Waals surface area contributed by atoms with Crippen LogP contribution in [0.4, 0.5) is 8.78 Å². The quantitative estimate of drug-likeness (QED) is 0.786. The minimum atomic E-state index is -2.59. The van der Waals surface area contributed by atoms with Gasteiger partial charge in [-0.25, -0.2) is 8.78 Å². The monoisotopic (exact) mass is 210 g/mol. The second-order valence-corrected chi connectivity index (χ2v) is 3.83. The Labute approximate surface area is 86.1 Å². The van der Waals surface area contributed by atoms with Crippen LogP contribution in [0.25, 0.3) is 10.9 Å². The molecule has 0 radical (unpaired) electrons. The lowest BCUT2D eigenvalue weighted by Gasteiger charge is -2.22. The van der Waals surface area contributed by atoms with E-state index in [4.69, 9.17) is 5.73 Å². The maximum absolute atomic E-state index is 12.8. The number of rotatable bonds is 2. The molecular formula is C11H12F2N2. The molecule has 0 amide bonds. The highest BCUT2D eigenvalue weighted by Crippen LogP contribution is 2.31. The van der Waals surface area contributed by atoms with E-state index < -0.39 is 12.0 Å². The van der Waals surface area contributed by atoms with Crippen molar-refractivity contribution in [2.45, 2.75) is 18.9 Å². The Morgan fingerprint density at radius 2 is 2.00 bits per heavy atom. The fourth-order valence-electron chi connectivity index (χ4n) is 1.63. The number of H-pyrrole nitrogens is 1. The Balaban J connectivity index is 2.62. The van der Waals surface area contributed by atoms with Crippen LogP contribution < -0.4 is 5.73 Å². The number of alkyl halides is 2. The molecule has 2 rings (SSSR count). The SMILES string of the molecule is CC(N)(c1c[nH]c2ccccc12)C(F)F. The van der Waals surface area contributed by atoms with Crippen molar-refractivity contribution in [2.24, 2.45) is 5.73 Å². The average molecular weight is 210 g/mol. The van der Waals surface area contributed by atoms with Crippen molar-refractivity contribution in [3.05, 3.63) is 36.0 Å². The molecule has 80 valence electrons. The summed E-state index contributed by atoms with van der Waals surface area (Å²) in [5.41, 5.74) is 5.29. The fourth-order valence-corrected chi connectivity index (χ4v) is 1.63. The van der Waals surface area contributed by atoms with Gasteiger partial charge >= 0.3 is 0 Å². The van der Waals surface area contributed by atoms with Crippen molar-refractivity contribution in [3.8, 4) is 0 Å². The molecule has 2 nitrogen and oxygen atoms in total. The number of fused-ring (bicyclic) bond motifs is 1. The molecule has 15 heavy (non-hydrogen) atoms. The fraction of sp³-hybridized carbons (Fsp3) is 0.273. The van der Waals surface area contributed by atoms with Gasteiger partial charge in [-0.1, -0.05) is 18.2 Å². The molecule has 2 aromatic rings. The third kappa shape index (κ3) is 1.51. The molecule has 0 fully saturated rings. The van der Waals surface area contributed by atoms with Gasteiger partial charge in [-0.15, -0.1) is 0 Å². The van der Waals surface area contributed by atoms with Gasteiger partial charge in [0.15, 0.2) is 0 Å². The minimum absolute atomic E-state index is 0.452. The molecule has 0 saturated carbocycles. The van der Waals surface area contributed by atoms with Crippen LogP contribution in [0.2, 0.25) is 0 Å². The van der Waals surface area contributed by atoms with Gasteiger partial charge in [-0.05, 0) is 13.0 Å². The standard InChI is InChI=1S/C11H12F2N2/c1-11(14,10(12)13)8-6-15-9-5-3-2-4-7(8)9/h2-6,10,15H,14H2,1H3. The van der Waals surface area contributed by atoms with E-state index in [1.54, 1.807) is 18.3 Å². The predicted octanol–water partition coefficient (Wildman–Crippen LogP) is 2.61. The van der Waals surface area contributed by atoms with Crippen LogP contribution in [-0.2, 0) is 5.54 Å². The zero-order valence-electron chi connectivity index (χ0n) is 8.30. The first-order chi connectivity index (χ1) is 7.03. The van der Waals surface area contributed by atoms with Gasteiger partial charge in [0.1, 0.15) is 5.54 Å². The summed E-state index contributed by atoms with van der Waals surface area (Å²) < 4.78 is 25.5. The lowest BCUT2D eigenvalue weighted by molar-refractivity contribution is 0.0633. The molecule has 0 spiro atoms. The number of nitrogens with two attached hydrogens (primary N) is 1. The Kier molecular flexibility index (Phi) is 2.23. The van der Waals surface area contributed by atoms with Crippen molar-refractivity contribution in [1.29, 1.82) is 0 Å². The average Bonchev–Trinajstić information content (AvgIpc) is 2.61. The molecular weight excluding hydrogens is 198 g/mol. The number of benzene rings is 1. The van der Waals surface area contributed by atoms with Crippen molar-refractivity contribution in [2.75, 3.05) is 0 Å². The van der Waals surface area contributed by atoms with Crippen molar-refractivity contribution < 1.29 is 8.78 Å². The summed E-state index contributed by atoms with van der Waals surface area (Å²) in [6.45, 7) is 1.34. The number of nitrogens with one attached hydrogen (secondary N) is 1. The minimum Gasteiger partial charge on any atom is -0.361 e. The summed E-state index contributed by atoms with van der Waals surface area (Å²) in [5.74, 6) is 0. The lowest BCUT2D eigenvalue weighted by atomic mass is 9.93. The molecule has 1 atom stereocenters. The summed E-state index contributed by atoms with van der Waals surface area (Å²) >= 11 is 0. The van der Waals surface area contributed by atoms with E-state index in [2.05, 4.69) is 4.98 Å². The predicted molar refractivity (Wildman–Crippen MR) is 55.8 cm³/mol. The van der Waals surface area contributed by atoms with Crippen LogP contribution >= 0.6 is 0 Å². The molecule has 0 aliphatic heterocycles. The topological polar surface area (TPSA) is 41.8 Å². The summed E-state index contributed by atoms with van der Waals surface area (Å²) in [6, 6.07) is 7.27. The number of aromatic nitrogens is 1. The van der Waals surface area contributed by atoms with Gasteiger partial charge in [0, 0.05) is 22.7 Å². The van der Waals surface area contributed by atoms with E-state index in [0.29, 0.717) is 5.56 Å². The van der Waals surface area contributed by atoms with Crippen LogP contribution in [-0.4, -0.2) is 11.4 Å². The van der Waals surface area contributed by atoms with E-state index in [-0.39, 0.29) is 0 Å². The van der Waals surface area contributed by atoms with E-state index in [1.807, 2.05) is 12.1 Å². The van der Waals surface area contributed by atoms with Gasteiger partial charge in [-0.2, -0.15) is 0 Å². The van der Waals surface area contributed by atoms with Crippen molar-refractivity contribution >= 4 is 10.9 Å². The van der Waals surface area contributed by atoms with Crippen LogP contribution in [0, 0.1) is 0 Å². The Morgan fingerprint density at radius 1 is 1.33 bits per heavy atom. The molecule has 0 aliphatic carbocycles. The maximum atomic E-state index is 12.8. The Morgan fingerprint density at radius 3 is 2.67 bits per heavy atom. The van der Waals surface area contributed by atoms with Crippen LogP contribution in [0.1, 0.15) is 12.5 Å². The highest BCUT2D eigenvalue weighted by Gasteiger charge is 2.34. The number of hydrogen-bond acceptors (Lipinski definition) is 1. The Bertz CT molecular complexity index is 474. The summed E-state index contributed by atoms with van der Waals surface area (Å²) in [5, 5.41) is 0.753. The van der Waals surface area contributed by atoms with Crippen LogP contribution in [0.3, 0.4) is 0 Å². The van der Waals surface area contributed by atoms with Crippen LogP contribution in [0.5, 0.6) is 0 Å². The number of hydrogen-bond donors (Lipinski definition) is 2. The van der Waals surface area contributed by atoms with E-state index in [1.165, 1.54) is 6.92 Å². The number of para-hydroxylation sites is 1. The smallest absolute Gasteiger partial charge is 0.260 e. The summed E-state index contributed by atoms with van der Waals surface area (Å²) in [4.78, 5) is 2.94. The first-order valence-electron chi connectivity index (χ1n) is 4.67. The molecule has 1 aromatic carbocycles. The summed E-state index contributed by atoms with van der Waals surface area (Å²) in [7, 11) is 0. The molecule has 4 heteroatoms. The van der Waals surface area contributed by atoms with Crippen molar-refractivity contribution in [1.82, 2.24) is 4.98 Å². The normalized spacial score (nSPS) is 15.8. The lowest BCUT2D eigenvalue weighted by Crippen LogP contribution is -2.40. The van der Waals surface area contributed by atoms with Gasteiger partial charge in [0.05, 0.1) is 0 Å². The van der Waals surface area contributed by atoms with E-state index >= 15 is 0 Å². The molecule has 1 heterocycles. The second kappa shape index (κ2) is 3.31.